The van der Waals surface area contributed by atoms with Gasteiger partial charge in [0.2, 0.25) is 0 Å². The lowest BCUT2D eigenvalue weighted by Gasteiger charge is -2.14. The van der Waals surface area contributed by atoms with E-state index in [0.717, 1.165) is 0 Å². The third-order valence-electron chi connectivity index (χ3n) is 6.14. The predicted octanol–water partition coefficient (Wildman–Crippen LogP) is 5.47. The summed E-state index contributed by atoms with van der Waals surface area (Å²) in [5, 5.41) is 11.1. The van der Waals surface area contributed by atoms with Crippen LogP contribution in [0.1, 0.15) is 31.8 Å². The van der Waals surface area contributed by atoms with E-state index in [-0.39, 0.29) is 45.7 Å². The number of rotatable bonds is 11. The molecule has 0 unspecified atom stereocenters. The first kappa shape index (κ1) is 31.7. The van der Waals surface area contributed by atoms with Crippen LogP contribution in [0.15, 0.2) is 121 Å². The van der Waals surface area contributed by atoms with Crippen molar-refractivity contribution in [3.05, 3.63) is 153 Å². The molecule has 0 aliphatic carbocycles. The molecule has 4 aromatic rings. The van der Waals surface area contributed by atoms with Crippen LogP contribution in [0.25, 0.3) is 12.2 Å². The van der Waals surface area contributed by atoms with E-state index in [1.165, 1.54) is 12.2 Å². The minimum absolute atomic E-state index is 0.0101. The normalized spacial score (nSPS) is 11.3. The second kappa shape index (κ2) is 15.9. The number of nitrogens with one attached hydrogen (secondary N) is 4. The molecule has 4 rings (SSSR count). The van der Waals surface area contributed by atoms with E-state index in [9.17, 15) is 19.2 Å². The summed E-state index contributed by atoms with van der Waals surface area (Å²) >= 11 is 12.3. The molecular weight excluding hydrogens is 599 g/mol. The summed E-state index contributed by atoms with van der Waals surface area (Å²) in [7, 11) is 0. The van der Waals surface area contributed by atoms with Gasteiger partial charge in [-0.3, -0.25) is 19.2 Å². The summed E-state index contributed by atoms with van der Waals surface area (Å²) in [6.07, 6.45) is 3.07. The molecule has 0 fully saturated rings. The van der Waals surface area contributed by atoms with Crippen molar-refractivity contribution in [3.63, 3.8) is 0 Å². The lowest BCUT2D eigenvalue weighted by Crippen LogP contribution is -2.41. The fourth-order valence-corrected chi connectivity index (χ4v) is 4.40. The minimum atomic E-state index is -0.574. The summed E-state index contributed by atoms with van der Waals surface area (Å²) < 4.78 is 0. The first-order valence-corrected chi connectivity index (χ1v) is 14.3. The molecule has 0 saturated heterocycles. The third kappa shape index (κ3) is 9.16. The van der Waals surface area contributed by atoms with Gasteiger partial charge < -0.3 is 21.3 Å². The van der Waals surface area contributed by atoms with Crippen LogP contribution in [0.5, 0.6) is 0 Å². The maximum absolute atomic E-state index is 13.1. The summed E-state index contributed by atoms with van der Waals surface area (Å²) in [6.45, 7) is 0.0471. The van der Waals surface area contributed by atoms with E-state index < -0.39 is 23.6 Å². The Labute approximate surface area is 264 Å². The second-order valence-corrected chi connectivity index (χ2v) is 10.1. The Balaban J connectivity index is 1.42. The number of carbonyl (C=O) groups is 4. The first-order chi connectivity index (χ1) is 21.3. The molecule has 0 bridgehead atoms. The van der Waals surface area contributed by atoms with Crippen LogP contribution in [-0.4, -0.2) is 36.7 Å². The smallest absolute Gasteiger partial charge is 0.267 e. The third-order valence-corrected chi connectivity index (χ3v) is 6.80. The highest BCUT2D eigenvalue weighted by Crippen LogP contribution is 2.17. The van der Waals surface area contributed by atoms with Crippen LogP contribution in [0.3, 0.4) is 0 Å². The van der Waals surface area contributed by atoms with Gasteiger partial charge in [-0.2, -0.15) is 0 Å². The van der Waals surface area contributed by atoms with Gasteiger partial charge in [0, 0.05) is 13.1 Å². The summed E-state index contributed by atoms with van der Waals surface area (Å²) in [6, 6.07) is 31.0. The summed E-state index contributed by atoms with van der Waals surface area (Å²) in [4.78, 5) is 52.1. The lowest BCUT2D eigenvalue weighted by molar-refractivity contribution is -0.119. The summed E-state index contributed by atoms with van der Waals surface area (Å²) in [5.41, 5.74) is 1.79. The van der Waals surface area contributed by atoms with E-state index in [4.69, 9.17) is 23.2 Å². The second-order valence-electron chi connectivity index (χ2n) is 9.32. The SMILES string of the molecule is O=C(NCCNC(=O)/C(=C/c1ccccc1)NC(=O)c1ccccc1Cl)/C(=C/c1ccccc1)NC(=O)c1ccccc1Cl. The summed E-state index contributed by atoms with van der Waals surface area (Å²) in [5.74, 6) is -2.25. The van der Waals surface area contributed by atoms with Gasteiger partial charge in [-0.15, -0.1) is 0 Å². The van der Waals surface area contributed by atoms with Crippen molar-refractivity contribution < 1.29 is 19.2 Å². The van der Waals surface area contributed by atoms with Crippen molar-refractivity contribution in [1.29, 1.82) is 0 Å². The molecule has 0 aliphatic rings. The Bertz CT molecular complexity index is 1580. The molecule has 10 heteroatoms. The van der Waals surface area contributed by atoms with Gasteiger partial charge in [0.25, 0.3) is 23.6 Å². The Morgan fingerprint density at radius 1 is 0.500 bits per heavy atom. The molecule has 0 atom stereocenters. The quantitative estimate of drug-likeness (QED) is 0.130. The van der Waals surface area contributed by atoms with Crippen LogP contribution in [-0.2, 0) is 9.59 Å². The Morgan fingerprint density at radius 2 is 0.841 bits per heavy atom. The first-order valence-electron chi connectivity index (χ1n) is 13.5. The molecular formula is C34H28Cl2N4O4. The van der Waals surface area contributed by atoms with E-state index in [1.54, 1.807) is 97.1 Å². The van der Waals surface area contributed by atoms with Crippen LogP contribution in [0.4, 0.5) is 0 Å². The minimum Gasteiger partial charge on any atom is -0.349 e. The van der Waals surface area contributed by atoms with Gasteiger partial charge in [0.05, 0.1) is 21.2 Å². The van der Waals surface area contributed by atoms with Crippen molar-refractivity contribution in [3.8, 4) is 0 Å². The standard InChI is InChI=1S/C34H28Cl2N4O4/c35-27-17-9-7-15-25(27)31(41)39-29(21-23-11-3-1-4-12-23)33(43)37-19-20-38-34(44)30(22-24-13-5-2-6-14-24)40-32(42)26-16-8-10-18-28(26)36/h1-18,21-22H,19-20H2,(H,37,43)(H,38,44)(H,39,41)(H,40,42)/b29-21-,30-22-. The predicted molar refractivity (Wildman–Crippen MR) is 173 cm³/mol. The number of amides is 4. The van der Waals surface area contributed by atoms with E-state index in [0.29, 0.717) is 11.1 Å². The van der Waals surface area contributed by atoms with Crippen LogP contribution >= 0.6 is 23.2 Å². The molecule has 0 spiro atoms. The maximum atomic E-state index is 13.1. The van der Waals surface area contributed by atoms with Gasteiger partial charge in [0.1, 0.15) is 11.4 Å². The average Bonchev–Trinajstić information content (AvgIpc) is 3.03. The van der Waals surface area contributed by atoms with Crippen molar-refractivity contribution in [2.45, 2.75) is 0 Å². The number of halogens is 2. The molecule has 8 nitrogen and oxygen atoms in total. The average molecular weight is 628 g/mol. The fraction of sp³-hybridized carbons (Fsp3) is 0.0588. The highest BCUT2D eigenvalue weighted by molar-refractivity contribution is 6.34. The Morgan fingerprint density at radius 3 is 1.20 bits per heavy atom. The van der Waals surface area contributed by atoms with Gasteiger partial charge in [-0.25, -0.2) is 0 Å². The van der Waals surface area contributed by atoms with Crippen molar-refractivity contribution >= 4 is 59.0 Å². The molecule has 0 radical (unpaired) electrons. The van der Waals surface area contributed by atoms with Gasteiger partial charge in [-0.1, -0.05) is 108 Å². The number of carbonyl (C=O) groups excluding carboxylic acids is 4. The van der Waals surface area contributed by atoms with Crippen molar-refractivity contribution in [2.75, 3.05) is 13.1 Å². The molecule has 222 valence electrons. The fourth-order valence-electron chi connectivity index (χ4n) is 3.96. The Hall–Kier alpha value is -5.18. The van der Waals surface area contributed by atoms with Gasteiger partial charge in [0.15, 0.2) is 0 Å². The largest absolute Gasteiger partial charge is 0.349 e. The van der Waals surface area contributed by atoms with Gasteiger partial charge >= 0.3 is 0 Å². The Kier molecular flexibility index (Phi) is 11.5. The topological polar surface area (TPSA) is 116 Å². The number of benzene rings is 4. The molecule has 0 saturated carbocycles. The number of hydrogen-bond acceptors (Lipinski definition) is 4. The number of hydrogen-bond donors (Lipinski definition) is 4. The van der Waals surface area contributed by atoms with E-state index in [2.05, 4.69) is 21.3 Å². The highest BCUT2D eigenvalue weighted by atomic mass is 35.5. The molecule has 0 aromatic heterocycles. The zero-order valence-corrected chi connectivity index (χ0v) is 24.9. The van der Waals surface area contributed by atoms with Crippen LogP contribution in [0.2, 0.25) is 10.0 Å². The zero-order valence-electron chi connectivity index (χ0n) is 23.4. The maximum Gasteiger partial charge on any atom is 0.267 e. The molecule has 4 amide bonds. The molecule has 44 heavy (non-hydrogen) atoms. The van der Waals surface area contributed by atoms with E-state index in [1.807, 2.05) is 12.1 Å². The van der Waals surface area contributed by atoms with Gasteiger partial charge in [-0.05, 0) is 47.5 Å². The van der Waals surface area contributed by atoms with Crippen molar-refractivity contribution in [2.24, 2.45) is 0 Å². The van der Waals surface area contributed by atoms with E-state index >= 15 is 0 Å². The molecule has 4 aromatic carbocycles. The molecule has 4 N–H and O–H groups in total. The van der Waals surface area contributed by atoms with Crippen LogP contribution in [0, 0.1) is 0 Å². The molecule has 0 heterocycles. The van der Waals surface area contributed by atoms with Crippen LogP contribution < -0.4 is 21.3 Å². The highest BCUT2D eigenvalue weighted by Gasteiger charge is 2.18. The van der Waals surface area contributed by atoms with Crippen molar-refractivity contribution in [1.82, 2.24) is 21.3 Å². The monoisotopic (exact) mass is 626 g/mol. The lowest BCUT2D eigenvalue weighted by atomic mass is 10.1. The molecule has 0 aliphatic heterocycles. The zero-order chi connectivity index (χ0) is 31.3.